The van der Waals surface area contributed by atoms with Gasteiger partial charge in [0.2, 0.25) is 5.95 Å². The number of hydrogen-bond donors (Lipinski definition) is 2. The number of imidazole rings is 1. The van der Waals surface area contributed by atoms with E-state index < -0.39 is 5.60 Å². The number of rotatable bonds is 3. The number of carbonyl (C=O) groups excluding carboxylic acids is 1. The molecule has 0 spiro atoms. The summed E-state index contributed by atoms with van der Waals surface area (Å²) >= 11 is 0. The van der Waals surface area contributed by atoms with E-state index in [-0.39, 0.29) is 11.9 Å². The molecule has 1 aromatic carbocycles. The van der Waals surface area contributed by atoms with Gasteiger partial charge < -0.3 is 20.3 Å². The summed E-state index contributed by atoms with van der Waals surface area (Å²) < 4.78 is 3.49. The van der Waals surface area contributed by atoms with Crippen molar-refractivity contribution in [3.63, 3.8) is 0 Å². The minimum Gasteiger partial charge on any atom is -0.377 e. The van der Waals surface area contributed by atoms with Gasteiger partial charge in [-0.25, -0.2) is 14.6 Å². The van der Waals surface area contributed by atoms with Crippen molar-refractivity contribution in [3.05, 3.63) is 59.9 Å². The van der Waals surface area contributed by atoms with Gasteiger partial charge >= 0.3 is 0 Å². The highest BCUT2D eigenvalue weighted by atomic mass is 16.3. The number of amides is 1. The van der Waals surface area contributed by atoms with E-state index in [9.17, 15) is 9.90 Å². The highest BCUT2D eigenvalue weighted by molar-refractivity contribution is 6.05. The summed E-state index contributed by atoms with van der Waals surface area (Å²) in [6.07, 6.45) is 5.58. The highest BCUT2D eigenvalue weighted by Crippen LogP contribution is 2.39. The molecule has 0 fully saturated rings. The first-order chi connectivity index (χ1) is 14.4. The summed E-state index contributed by atoms with van der Waals surface area (Å²) in [5.74, 6) is 0.902. The topological polar surface area (TPSA) is 128 Å². The summed E-state index contributed by atoms with van der Waals surface area (Å²) in [5, 5.41) is 16.6. The summed E-state index contributed by atoms with van der Waals surface area (Å²) in [4.78, 5) is 26.7. The number of aryl methyl sites for hydroxylation is 1. The SMILES string of the molecule is CN(C)C(=O)c1nn(-c2ccnc(N)n2)c2cc(C3(O)CCn4ccnc43)ccc12. The number of anilines is 1. The quantitative estimate of drug-likeness (QED) is 0.520. The van der Waals surface area contributed by atoms with Crippen molar-refractivity contribution in [2.24, 2.45) is 0 Å². The number of hydrogen-bond acceptors (Lipinski definition) is 7. The van der Waals surface area contributed by atoms with Crippen LogP contribution in [0.5, 0.6) is 0 Å². The van der Waals surface area contributed by atoms with E-state index >= 15 is 0 Å². The summed E-state index contributed by atoms with van der Waals surface area (Å²) in [7, 11) is 3.34. The smallest absolute Gasteiger partial charge is 0.274 e. The number of fused-ring (bicyclic) bond motifs is 2. The average molecular weight is 404 g/mol. The highest BCUT2D eigenvalue weighted by Gasteiger charge is 2.40. The molecule has 3 N–H and O–H groups in total. The monoisotopic (exact) mass is 404 g/mol. The number of nitrogen functional groups attached to an aromatic ring is 1. The second-order valence-electron chi connectivity index (χ2n) is 7.52. The summed E-state index contributed by atoms with van der Waals surface area (Å²) in [6, 6.07) is 7.12. The molecule has 0 bridgehead atoms. The molecule has 10 nitrogen and oxygen atoms in total. The van der Waals surface area contributed by atoms with E-state index in [2.05, 4.69) is 20.1 Å². The number of benzene rings is 1. The van der Waals surface area contributed by atoms with Gasteiger partial charge in [0.15, 0.2) is 11.5 Å². The van der Waals surface area contributed by atoms with Crippen LogP contribution in [0.25, 0.3) is 16.7 Å². The van der Waals surface area contributed by atoms with Crippen LogP contribution in [0.1, 0.15) is 28.3 Å². The Hall–Kier alpha value is -3.79. The maximum Gasteiger partial charge on any atom is 0.274 e. The van der Waals surface area contributed by atoms with Crippen LogP contribution in [0.15, 0.2) is 42.9 Å². The second kappa shape index (κ2) is 6.36. The third-order valence-corrected chi connectivity index (χ3v) is 5.44. The molecule has 1 aliphatic heterocycles. The fourth-order valence-corrected chi connectivity index (χ4v) is 3.92. The second-order valence-corrected chi connectivity index (χ2v) is 7.52. The third kappa shape index (κ3) is 2.57. The molecule has 4 aromatic rings. The van der Waals surface area contributed by atoms with Crippen molar-refractivity contribution in [2.75, 3.05) is 19.8 Å². The molecule has 0 aliphatic carbocycles. The number of aliphatic hydroxyl groups is 1. The number of carbonyl (C=O) groups is 1. The Morgan fingerprint density at radius 1 is 1.23 bits per heavy atom. The molecular weight excluding hydrogens is 384 g/mol. The molecule has 0 saturated heterocycles. The predicted octanol–water partition coefficient (Wildman–Crippen LogP) is 0.936. The van der Waals surface area contributed by atoms with Crippen LogP contribution in [-0.2, 0) is 12.1 Å². The van der Waals surface area contributed by atoms with Crippen LogP contribution in [0.3, 0.4) is 0 Å². The first-order valence-electron chi connectivity index (χ1n) is 9.46. The Morgan fingerprint density at radius 2 is 2.07 bits per heavy atom. The molecular formula is C20H20N8O2. The number of aromatic nitrogens is 6. The molecule has 0 saturated carbocycles. The lowest BCUT2D eigenvalue weighted by Gasteiger charge is -2.21. The molecule has 30 heavy (non-hydrogen) atoms. The Bertz CT molecular complexity index is 1290. The summed E-state index contributed by atoms with van der Waals surface area (Å²) in [6.45, 7) is 0.677. The van der Waals surface area contributed by atoms with E-state index in [4.69, 9.17) is 5.73 Å². The lowest BCUT2D eigenvalue weighted by Crippen LogP contribution is -2.25. The molecule has 1 atom stereocenters. The maximum absolute atomic E-state index is 12.7. The van der Waals surface area contributed by atoms with Gasteiger partial charge in [-0.05, 0) is 17.7 Å². The molecule has 1 amide bonds. The van der Waals surface area contributed by atoms with Gasteiger partial charge in [0.25, 0.3) is 5.91 Å². The Morgan fingerprint density at radius 3 is 2.83 bits per heavy atom. The molecule has 152 valence electrons. The van der Waals surface area contributed by atoms with Crippen molar-refractivity contribution in [1.82, 2.24) is 34.2 Å². The number of nitrogens with two attached hydrogens (primary N) is 1. The molecule has 1 aliphatic rings. The van der Waals surface area contributed by atoms with Crippen molar-refractivity contribution in [1.29, 1.82) is 0 Å². The maximum atomic E-state index is 12.7. The van der Waals surface area contributed by atoms with Gasteiger partial charge in [-0.15, -0.1) is 0 Å². The van der Waals surface area contributed by atoms with Crippen LogP contribution in [0, 0.1) is 0 Å². The van der Waals surface area contributed by atoms with Crippen LogP contribution < -0.4 is 5.73 Å². The fraction of sp³-hybridized carbons (Fsp3) is 0.250. The Labute approximate surface area is 171 Å². The lowest BCUT2D eigenvalue weighted by molar-refractivity contribution is 0.0787. The Kier molecular flexibility index (Phi) is 3.87. The molecule has 5 rings (SSSR count). The van der Waals surface area contributed by atoms with E-state index in [1.807, 2.05) is 22.9 Å². The van der Waals surface area contributed by atoms with Crippen LogP contribution in [0.4, 0.5) is 5.95 Å². The zero-order valence-electron chi connectivity index (χ0n) is 16.5. The van der Waals surface area contributed by atoms with Gasteiger partial charge in [-0.1, -0.05) is 6.07 Å². The number of nitrogens with zero attached hydrogens (tertiary/aromatic N) is 7. The average Bonchev–Trinajstić information content (AvgIpc) is 3.42. The fourth-order valence-electron chi connectivity index (χ4n) is 3.92. The molecule has 10 heteroatoms. The standard InChI is InChI=1S/C20H20N8O2/c1-26(2)17(29)16-13-4-3-12(20(30)6-9-27-10-8-22-18(20)27)11-14(13)28(25-16)15-5-7-23-19(21)24-15/h3-5,7-8,10-11,30H,6,9H2,1-2H3,(H2,21,23,24). The van der Waals surface area contributed by atoms with Crippen LogP contribution in [-0.4, -0.2) is 59.3 Å². The first-order valence-corrected chi connectivity index (χ1v) is 9.46. The summed E-state index contributed by atoms with van der Waals surface area (Å²) in [5.41, 5.74) is 6.14. The van der Waals surface area contributed by atoms with E-state index in [0.717, 1.165) is 0 Å². The molecule has 4 heterocycles. The van der Waals surface area contributed by atoms with Crippen LogP contribution >= 0.6 is 0 Å². The van der Waals surface area contributed by atoms with Crippen molar-refractivity contribution in [3.8, 4) is 5.82 Å². The minimum atomic E-state index is -1.22. The van der Waals surface area contributed by atoms with Gasteiger partial charge in [0.05, 0.1) is 5.52 Å². The van der Waals surface area contributed by atoms with Crippen molar-refractivity contribution >= 4 is 22.8 Å². The van der Waals surface area contributed by atoms with E-state index in [0.29, 0.717) is 46.8 Å². The van der Waals surface area contributed by atoms with Crippen molar-refractivity contribution in [2.45, 2.75) is 18.6 Å². The molecule has 0 radical (unpaired) electrons. The Balaban J connectivity index is 1.75. The zero-order valence-corrected chi connectivity index (χ0v) is 16.5. The van der Waals surface area contributed by atoms with Gasteiger partial charge in [-0.2, -0.15) is 10.1 Å². The van der Waals surface area contributed by atoms with Crippen LogP contribution in [0.2, 0.25) is 0 Å². The minimum absolute atomic E-state index is 0.101. The first kappa shape index (κ1) is 18.3. The van der Waals surface area contributed by atoms with E-state index in [1.54, 1.807) is 37.1 Å². The normalized spacial score (nSPS) is 18.0. The van der Waals surface area contributed by atoms with E-state index in [1.165, 1.54) is 11.1 Å². The van der Waals surface area contributed by atoms with Crippen molar-refractivity contribution < 1.29 is 9.90 Å². The lowest BCUT2D eigenvalue weighted by atomic mass is 9.91. The largest absolute Gasteiger partial charge is 0.377 e. The van der Waals surface area contributed by atoms with Gasteiger partial charge in [0.1, 0.15) is 11.4 Å². The third-order valence-electron chi connectivity index (χ3n) is 5.44. The zero-order chi connectivity index (χ0) is 21.0. The molecule has 1 unspecified atom stereocenters. The van der Waals surface area contributed by atoms with Gasteiger partial charge in [-0.3, -0.25) is 4.79 Å². The predicted molar refractivity (Wildman–Crippen MR) is 109 cm³/mol. The van der Waals surface area contributed by atoms with Gasteiger partial charge in [0, 0.05) is 57.1 Å². The molecule has 3 aromatic heterocycles.